The van der Waals surface area contributed by atoms with Crippen LogP contribution >= 0.6 is 34.8 Å². The molecule has 0 saturated heterocycles. The average molecular weight is 326 g/mol. The van der Waals surface area contributed by atoms with Gasteiger partial charge in [0.2, 0.25) is 5.78 Å². The topological polar surface area (TPSA) is 30.2 Å². The van der Waals surface area contributed by atoms with Crippen molar-refractivity contribution in [2.75, 3.05) is 0 Å². The number of carbonyl (C=O) groups is 1. The highest BCUT2D eigenvalue weighted by molar-refractivity contribution is 6.38. The molecule has 0 atom stereocenters. The molecule has 1 aromatic heterocycles. The maximum Gasteiger partial charge on any atom is 0.229 e. The third kappa shape index (κ3) is 2.31. The van der Waals surface area contributed by atoms with Gasteiger partial charge in [-0.05, 0) is 30.3 Å². The summed E-state index contributed by atoms with van der Waals surface area (Å²) in [7, 11) is 0. The minimum atomic E-state index is -0.293. The van der Waals surface area contributed by atoms with E-state index in [4.69, 9.17) is 39.2 Å². The molecule has 0 aliphatic carbocycles. The van der Waals surface area contributed by atoms with Gasteiger partial charge in [-0.1, -0.05) is 46.9 Å². The van der Waals surface area contributed by atoms with Gasteiger partial charge >= 0.3 is 0 Å². The highest BCUT2D eigenvalue weighted by Gasteiger charge is 2.18. The predicted molar refractivity (Wildman–Crippen MR) is 81.1 cm³/mol. The molecule has 1 heterocycles. The lowest BCUT2D eigenvalue weighted by molar-refractivity contribution is 0.101. The number of benzene rings is 2. The van der Waals surface area contributed by atoms with Crippen molar-refractivity contribution in [2.24, 2.45) is 0 Å². The van der Waals surface area contributed by atoms with Crippen molar-refractivity contribution in [1.29, 1.82) is 0 Å². The van der Waals surface area contributed by atoms with Crippen molar-refractivity contribution in [3.05, 3.63) is 68.9 Å². The molecule has 2 nitrogen and oxygen atoms in total. The molecule has 0 saturated carbocycles. The largest absolute Gasteiger partial charge is 0.451 e. The van der Waals surface area contributed by atoms with Crippen LogP contribution in [0.25, 0.3) is 11.0 Å². The summed E-state index contributed by atoms with van der Waals surface area (Å²) in [6.07, 6.45) is 0. The Balaban J connectivity index is 2.14. The Morgan fingerprint density at radius 2 is 1.70 bits per heavy atom. The quantitative estimate of drug-likeness (QED) is 0.572. The van der Waals surface area contributed by atoms with Crippen LogP contribution in [0.3, 0.4) is 0 Å². The van der Waals surface area contributed by atoms with Crippen LogP contribution in [0.5, 0.6) is 0 Å². The SMILES string of the molecule is O=C(c1cc2cc(Cl)cc(Cl)c2o1)c1ccccc1Cl. The van der Waals surface area contributed by atoms with E-state index < -0.39 is 0 Å². The van der Waals surface area contributed by atoms with Gasteiger partial charge in [0.05, 0.1) is 10.0 Å². The summed E-state index contributed by atoms with van der Waals surface area (Å²) in [5.41, 5.74) is 0.821. The van der Waals surface area contributed by atoms with Gasteiger partial charge in [0.25, 0.3) is 0 Å². The molecule has 0 aliphatic heterocycles. The van der Waals surface area contributed by atoms with E-state index in [1.165, 1.54) is 0 Å². The van der Waals surface area contributed by atoms with Crippen molar-refractivity contribution >= 4 is 51.6 Å². The smallest absolute Gasteiger partial charge is 0.229 e. The molecule has 0 amide bonds. The van der Waals surface area contributed by atoms with Crippen LogP contribution in [0.1, 0.15) is 16.1 Å². The number of fused-ring (bicyclic) bond motifs is 1. The molecule has 3 rings (SSSR count). The van der Waals surface area contributed by atoms with E-state index in [1.807, 2.05) is 0 Å². The molecule has 0 radical (unpaired) electrons. The number of carbonyl (C=O) groups excluding carboxylic acids is 1. The predicted octanol–water partition coefficient (Wildman–Crippen LogP) is 5.62. The summed E-state index contributed by atoms with van der Waals surface area (Å²) in [5, 5.41) is 1.91. The summed E-state index contributed by atoms with van der Waals surface area (Å²) in [6.45, 7) is 0. The minimum absolute atomic E-state index is 0.178. The van der Waals surface area contributed by atoms with Crippen LogP contribution in [0.15, 0.2) is 46.9 Å². The molecular weight excluding hydrogens is 319 g/mol. The molecule has 5 heteroatoms. The lowest BCUT2D eigenvalue weighted by Crippen LogP contribution is -1.99. The van der Waals surface area contributed by atoms with Crippen LogP contribution in [0.4, 0.5) is 0 Å². The number of furan rings is 1. The van der Waals surface area contributed by atoms with Crippen molar-refractivity contribution < 1.29 is 9.21 Å². The Labute approximate surface area is 129 Å². The van der Waals surface area contributed by atoms with E-state index >= 15 is 0 Å². The Kier molecular flexibility index (Phi) is 3.47. The molecule has 0 fully saturated rings. The molecule has 0 N–H and O–H groups in total. The van der Waals surface area contributed by atoms with Gasteiger partial charge in [-0.2, -0.15) is 0 Å². The van der Waals surface area contributed by atoms with Crippen molar-refractivity contribution in [3.8, 4) is 0 Å². The second-order valence-electron chi connectivity index (χ2n) is 4.23. The number of rotatable bonds is 2. The summed E-state index contributed by atoms with van der Waals surface area (Å²) in [4.78, 5) is 12.4. The van der Waals surface area contributed by atoms with E-state index in [2.05, 4.69) is 0 Å². The maximum atomic E-state index is 12.4. The van der Waals surface area contributed by atoms with Crippen molar-refractivity contribution in [1.82, 2.24) is 0 Å². The maximum absolute atomic E-state index is 12.4. The van der Waals surface area contributed by atoms with Gasteiger partial charge in [0.15, 0.2) is 11.3 Å². The van der Waals surface area contributed by atoms with Gasteiger partial charge in [-0.25, -0.2) is 0 Å². The molecule has 3 aromatic rings. The lowest BCUT2D eigenvalue weighted by atomic mass is 10.1. The normalized spacial score (nSPS) is 10.9. The molecule has 0 unspecified atom stereocenters. The summed E-state index contributed by atoms with van der Waals surface area (Å²) in [5.74, 6) is -0.115. The highest BCUT2D eigenvalue weighted by Crippen LogP contribution is 2.31. The molecule has 20 heavy (non-hydrogen) atoms. The fourth-order valence-corrected chi connectivity index (χ4v) is 2.74. The lowest BCUT2D eigenvalue weighted by Gasteiger charge is -1.99. The second kappa shape index (κ2) is 5.13. The number of hydrogen-bond donors (Lipinski definition) is 0. The van der Waals surface area contributed by atoms with Crippen molar-refractivity contribution in [3.63, 3.8) is 0 Å². The number of halogens is 3. The van der Waals surface area contributed by atoms with Gasteiger partial charge in [0.1, 0.15) is 0 Å². The Morgan fingerprint density at radius 1 is 0.950 bits per heavy atom. The van der Waals surface area contributed by atoms with E-state index in [1.54, 1.807) is 42.5 Å². The van der Waals surface area contributed by atoms with E-state index in [9.17, 15) is 4.79 Å². The van der Waals surface area contributed by atoms with Crippen LogP contribution in [0, 0.1) is 0 Å². The first-order chi connectivity index (χ1) is 9.56. The van der Waals surface area contributed by atoms with Crippen LogP contribution in [-0.4, -0.2) is 5.78 Å². The first kappa shape index (κ1) is 13.5. The third-order valence-corrected chi connectivity index (χ3v) is 3.71. The zero-order valence-corrected chi connectivity index (χ0v) is 12.3. The van der Waals surface area contributed by atoms with E-state index in [0.29, 0.717) is 31.6 Å². The first-order valence-electron chi connectivity index (χ1n) is 5.74. The monoisotopic (exact) mass is 324 g/mol. The highest BCUT2D eigenvalue weighted by atomic mass is 35.5. The van der Waals surface area contributed by atoms with Gasteiger partial charge < -0.3 is 4.42 Å². The summed E-state index contributed by atoms with van der Waals surface area (Å²) in [6, 6.07) is 11.7. The number of hydrogen-bond acceptors (Lipinski definition) is 2. The van der Waals surface area contributed by atoms with Crippen molar-refractivity contribution in [2.45, 2.75) is 0 Å². The van der Waals surface area contributed by atoms with Crippen LogP contribution < -0.4 is 0 Å². The Hall–Kier alpha value is -1.48. The van der Waals surface area contributed by atoms with Gasteiger partial charge in [-0.3, -0.25) is 4.79 Å². The molecular formula is C15H7Cl3O2. The summed E-state index contributed by atoms with van der Waals surface area (Å²) < 4.78 is 5.53. The van der Waals surface area contributed by atoms with Crippen LogP contribution in [-0.2, 0) is 0 Å². The first-order valence-corrected chi connectivity index (χ1v) is 6.87. The summed E-state index contributed by atoms with van der Waals surface area (Å²) >= 11 is 18.0. The molecule has 2 aromatic carbocycles. The Morgan fingerprint density at radius 3 is 2.45 bits per heavy atom. The molecule has 0 bridgehead atoms. The van der Waals surface area contributed by atoms with Crippen LogP contribution in [0.2, 0.25) is 15.1 Å². The zero-order valence-electron chi connectivity index (χ0n) is 9.99. The Bertz CT molecular complexity index is 821. The fourth-order valence-electron chi connectivity index (χ4n) is 1.97. The average Bonchev–Trinajstić information content (AvgIpc) is 2.82. The van der Waals surface area contributed by atoms with Gasteiger partial charge in [0, 0.05) is 16.0 Å². The zero-order chi connectivity index (χ0) is 14.3. The van der Waals surface area contributed by atoms with E-state index in [-0.39, 0.29) is 11.5 Å². The molecule has 0 aliphatic rings. The molecule has 0 spiro atoms. The molecule has 100 valence electrons. The van der Waals surface area contributed by atoms with Gasteiger partial charge in [-0.15, -0.1) is 0 Å². The standard InChI is InChI=1S/C15H7Cl3O2/c16-9-5-8-6-13(20-15(8)12(18)7-9)14(19)10-3-1-2-4-11(10)17/h1-7H. The number of ketones is 1. The van der Waals surface area contributed by atoms with E-state index in [0.717, 1.165) is 0 Å². The third-order valence-electron chi connectivity index (χ3n) is 2.88. The fraction of sp³-hybridized carbons (Fsp3) is 0. The minimum Gasteiger partial charge on any atom is -0.451 e. The second-order valence-corrected chi connectivity index (χ2v) is 5.48.